The fourth-order valence-electron chi connectivity index (χ4n) is 2.84. The first-order valence-corrected chi connectivity index (χ1v) is 8.78. The number of benzene rings is 1. The standard InChI is InChI=1S/C18H20N2O3S/c1-12-3-5-13(6-4-12)9-15-19-14(10-24-15)16(21)20-8-7-18(2,11-20)17(22)23/h3-6,10H,7-9,11H2,1-2H3,(H,22,23). The van der Waals surface area contributed by atoms with E-state index in [1.165, 1.54) is 16.9 Å². The Kier molecular flexibility index (Phi) is 4.41. The molecule has 6 heteroatoms. The van der Waals surface area contributed by atoms with Crippen molar-refractivity contribution in [2.75, 3.05) is 13.1 Å². The molecule has 1 aromatic carbocycles. The molecule has 1 aliphatic heterocycles. The zero-order valence-electron chi connectivity index (χ0n) is 13.8. The third-order valence-corrected chi connectivity index (χ3v) is 5.37. The summed E-state index contributed by atoms with van der Waals surface area (Å²) in [5.41, 5.74) is 1.94. The van der Waals surface area contributed by atoms with E-state index in [9.17, 15) is 14.7 Å². The summed E-state index contributed by atoms with van der Waals surface area (Å²) < 4.78 is 0. The second-order valence-electron chi connectivity index (χ2n) is 6.63. The molecule has 24 heavy (non-hydrogen) atoms. The summed E-state index contributed by atoms with van der Waals surface area (Å²) in [6, 6.07) is 8.26. The number of hydrogen-bond acceptors (Lipinski definition) is 4. The van der Waals surface area contributed by atoms with Crippen molar-refractivity contribution in [2.45, 2.75) is 26.7 Å². The Balaban J connectivity index is 1.68. The van der Waals surface area contributed by atoms with Gasteiger partial charge < -0.3 is 10.0 Å². The van der Waals surface area contributed by atoms with Crippen LogP contribution < -0.4 is 0 Å². The third kappa shape index (κ3) is 3.33. The maximum atomic E-state index is 12.5. The first-order chi connectivity index (χ1) is 11.4. The molecule has 1 aromatic heterocycles. The molecule has 0 saturated carbocycles. The third-order valence-electron chi connectivity index (χ3n) is 4.52. The van der Waals surface area contributed by atoms with Gasteiger partial charge in [-0.1, -0.05) is 29.8 Å². The topological polar surface area (TPSA) is 70.5 Å². The summed E-state index contributed by atoms with van der Waals surface area (Å²) in [6.07, 6.45) is 1.18. The molecule has 1 fully saturated rings. The minimum Gasteiger partial charge on any atom is -0.481 e. The van der Waals surface area contributed by atoms with Gasteiger partial charge in [0.2, 0.25) is 0 Å². The second-order valence-corrected chi connectivity index (χ2v) is 7.57. The van der Waals surface area contributed by atoms with Crippen LogP contribution in [0.25, 0.3) is 0 Å². The Morgan fingerprint density at radius 2 is 2.04 bits per heavy atom. The fourth-order valence-corrected chi connectivity index (χ4v) is 3.64. The van der Waals surface area contributed by atoms with E-state index in [0.717, 1.165) is 10.6 Å². The summed E-state index contributed by atoms with van der Waals surface area (Å²) in [4.78, 5) is 29.9. The van der Waals surface area contributed by atoms with Crippen LogP contribution in [0.5, 0.6) is 0 Å². The van der Waals surface area contributed by atoms with Crippen molar-refractivity contribution in [2.24, 2.45) is 5.41 Å². The number of amides is 1. The van der Waals surface area contributed by atoms with Crippen molar-refractivity contribution in [1.29, 1.82) is 0 Å². The molecule has 3 rings (SSSR count). The first-order valence-electron chi connectivity index (χ1n) is 7.90. The van der Waals surface area contributed by atoms with E-state index in [1.54, 1.807) is 17.2 Å². The molecule has 5 nitrogen and oxygen atoms in total. The van der Waals surface area contributed by atoms with Crippen molar-refractivity contribution in [3.8, 4) is 0 Å². The van der Waals surface area contributed by atoms with Crippen LogP contribution in [0, 0.1) is 12.3 Å². The molecule has 0 aliphatic carbocycles. The van der Waals surface area contributed by atoms with Gasteiger partial charge in [0.25, 0.3) is 5.91 Å². The van der Waals surface area contributed by atoms with E-state index in [4.69, 9.17) is 0 Å². The second kappa shape index (κ2) is 6.36. The lowest BCUT2D eigenvalue weighted by molar-refractivity contribution is -0.147. The van der Waals surface area contributed by atoms with Crippen molar-refractivity contribution < 1.29 is 14.7 Å². The van der Waals surface area contributed by atoms with E-state index in [-0.39, 0.29) is 12.5 Å². The number of aryl methyl sites for hydroxylation is 1. The Labute approximate surface area is 145 Å². The Morgan fingerprint density at radius 3 is 2.67 bits per heavy atom. The van der Waals surface area contributed by atoms with Crippen molar-refractivity contribution >= 4 is 23.2 Å². The number of rotatable bonds is 4. The van der Waals surface area contributed by atoms with Gasteiger partial charge in [0.1, 0.15) is 5.69 Å². The van der Waals surface area contributed by atoms with Gasteiger partial charge in [0.05, 0.1) is 10.4 Å². The number of carboxylic acids is 1. The molecular formula is C18H20N2O3S. The number of carbonyl (C=O) groups excluding carboxylic acids is 1. The summed E-state index contributed by atoms with van der Waals surface area (Å²) in [6.45, 7) is 4.44. The Morgan fingerprint density at radius 1 is 1.33 bits per heavy atom. The maximum Gasteiger partial charge on any atom is 0.311 e. The Bertz CT molecular complexity index is 769. The van der Waals surface area contributed by atoms with E-state index < -0.39 is 11.4 Å². The van der Waals surface area contributed by atoms with Crippen LogP contribution >= 0.6 is 11.3 Å². The van der Waals surface area contributed by atoms with Gasteiger partial charge in [-0.05, 0) is 25.8 Å². The lowest BCUT2D eigenvalue weighted by Crippen LogP contribution is -2.35. The molecule has 1 N–H and O–H groups in total. The average molecular weight is 344 g/mol. The molecule has 2 heterocycles. The lowest BCUT2D eigenvalue weighted by Gasteiger charge is -2.19. The molecular weight excluding hydrogens is 324 g/mol. The normalized spacial score (nSPS) is 20.3. The van der Waals surface area contributed by atoms with Gasteiger partial charge in [0.15, 0.2) is 0 Å². The van der Waals surface area contributed by atoms with Gasteiger partial charge in [-0.2, -0.15) is 0 Å². The van der Waals surface area contributed by atoms with Crippen LogP contribution in [0.3, 0.4) is 0 Å². The van der Waals surface area contributed by atoms with Gasteiger partial charge in [-0.25, -0.2) is 4.98 Å². The van der Waals surface area contributed by atoms with Crippen LogP contribution in [-0.2, 0) is 11.2 Å². The van der Waals surface area contributed by atoms with Crippen LogP contribution in [0.4, 0.5) is 0 Å². The molecule has 1 amide bonds. The van der Waals surface area contributed by atoms with Crippen LogP contribution in [0.1, 0.15) is 40.0 Å². The number of thiazole rings is 1. The van der Waals surface area contributed by atoms with E-state index in [0.29, 0.717) is 25.1 Å². The molecule has 0 radical (unpaired) electrons. The molecule has 126 valence electrons. The number of carboxylic acid groups (broad SMARTS) is 1. The van der Waals surface area contributed by atoms with Gasteiger partial charge >= 0.3 is 5.97 Å². The highest BCUT2D eigenvalue weighted by atomic mass is 32.1. The highest BCUT2D eigenvalue weighted by molar-refractivity contribution is 7.09. The number of aromatic nitrogens is 1. The maximum absolute atomic E-state index is 12.5. The molecule has 0 bridgehead atoms. The summed E-state index contributed by atoms with van der Waals surface area (Å²) in [5.74, 6) is -1.03. The van der Waals surface area contributed by atoms with Crippen LogP contribution in [0.2, 0.25) is 0 Å². The van der Waals surface area contributed by atoms with Gasteiger partial charge in [-0.15, -0.1) is 11.3 Å². The zero-order chi connectivity index (χ0) is 17.3. The SMILES string of the molecule is Cc1ccc(Cc2nc(C(=O)N3CCC(C)(C(=O)O)C3)cs2)cc1. The van der Waals surface area contributed by atoms with Crippen molar-refractivity contribution in [3.05, 3.63) is 51.5 Å². The Hall–Kier alpha value is -2.21. The van der Waals surface area contributed by atoms with E-state index in [2.05, 4.69) is 29.2 Å². The molecule has 2 aromatic rings. The monoisotopic (exact) mass is 344 g/mol. The van der Waals surface area contributed by atoms with Gasteiger partial charge in [-0.3, -0.25) is 9.59 Å². The van der Waals surface area contributed by atoms with E-state index in [1.807, 2.05) is 6.92 Å². The van der Waals surface area contributed by atoms with Crippen LogP contribution in [0.15, 0.2) is 29.6 Å². The first kappa shape index (κ1) is 16.6. The van der Waals surface area contributed by atoms with Gasteiger partial charge in [0, 0.05) is 24.9 Å². The highest BCUT2D eigenvalue weighted by Crippen LogP contribution is 2.31. The molecule has 1 aliphatic rings. The number of carbonyl (C=O) groups is 2. The number of hydrogen-bond donors (Lipinski definition) is 1. The summed E-state index contributed by atoms with van der Waals surface area (Å²) in [7, 11) is 0. The molecule has 1 saturated heterocycles. The lowest BCUT2D eigenvalue weighted by atomic mass is 9.90. The van der Waals surface area contributed by atoms with Crippen molar-refractivity contribution in [3.63, 3.8) is 0 Å². The zero-order valence-corrected chi connectivity index (χ0v) is 14.6. The highest BCUT2D eigenvalue weighted by Gasteiger charge is 2.42. The predicted molar refractivity (Wildman–Crippen MR) is 92.4 cm³/mol. The minimum atomic E-state index is -0.851. The minimum absolute atomic E-state index is 0.175. The number of aliphatic carboxylic acids is 1. The molecule has 0 spiro atoms. The van der Waals surface area contributed by atoms with Crippen LogP contribution in [-0.4, -0.2) is 40.0 Å². The fraction of sp³-hybridized carbons (Fsp3) is 0.389. The summed E-state index contributed by atoms with van der Waals surface area (Å²) in [5, 5.41) is 11.9. The van der Waals surface area contributed by atoms with Crippen molar-refractivity contribution in [1.82, 2.24) is 9.88 Å². The molecule has 1 atom stereocenters. The predicted octanol–water partition coefficient (Wildman–Crippen LogP) is 2.98. The number of nitrogens with zero attached hydrogens (tertiary/aromatic N) is 2. The van der Waals surface area contributed by atoms with E-state index >= 15 is 0 Å². The summed E-state index contributed by atoms with van der Waals surface area (Å²) >= 11 is 1.47. The quantitative estimate of drug-likeness (QED) is 0.926. The average Bonchev–Trinajstić information content (AvgIpc) is 3.17. The largest absolute Gasteiger partial charge is 0.481 e. The number of likely N-dealkylation sites (tertiary alicyclic amines) is 1. The smallest absolute Gasteiger partial charge is 0.311 e. The molecule has 1 unspecified atom stereocenters.